The Morgan fingerprint density at radius 1 is 1.21 bits per heavy atom. The van der Waals surface area contributed by atoms with E-state index >= 15 is 0 Å². The van der Waals surface area contributed by atoms with Gasteiger partial charge in [0.25, 0.3) is 0 Å². The number of anilines is 1. The fourth-order valence-electron chi connectivity index (χ4n) is 2.54. The lowest BCUT2D eigenvalue weighted by atomic mass is 9.88. The van der Waals surface area contributed by atoms with Crippen LogP contribution in [0.4, 0.5) is 10.1 Å². The number of fused-ring (bicyclic) bond motifs is 1. The number of pyridine rings is 1. The molecule has 2 aromatic rings. The molecule has 1 aliphatic rings. The van der Waals surface area contributed by atoms with Crippen molar-refractivity contribution in [3.05, 3.63) is 58.1 Å². The molecule has 0 saturated heterocycles. The molecule has 1 aromatic carbocycles. The van der Waals surface area contributed by atoms with Crippen molar-refractivity contribution in [2.45, 2.75) is 25.3 Å². The number of benzene rings is 1. The Kier molecular flexibility index (Phi) is 3.51. The van der Waals surface area contributed by atoms with Crippen LogP contribution < -0.4 is 5.32 Å². The summed E-state index contributed by atoms with van der Waals surface area (Å²) in [6, 6.07) is 9.97. The molecule has 1 unspecified atom stereocenters. The zero-order chi connectivity index (χ0) is 13.2. The van der Waals surface area contributed by atoms with Crippen molar-refractivity contribution >= 4 is 21.6 Å². The molecule has 1 atom stereocenters. The number of hydrogen-bond acceptors (Lipinski definition) is 2. The molecule has 1 N–H and O–H groups in total. The molecule has 0 radical (unpaired) electrons. The van der Waals surface area contributed by atoms with Crippen molar-refractivity contribution < 1.29 is 4.39 Å². The van der Waals surface area contributed by atoms with Crippen molar-refractivity contribution in [2.24, 2.45) is 0 Å². The van der Waals surface area contributed by atoms with Crippen LogP contribution in [0.5, 0.6) is 0 Å². The second-order valence-electron chi connectivity index (χ2n) is 4.87. The van der Waals surface area contributed by atoms with Gasteiger partial charge in [-0.1, -0.05) is 22.0 Å². The van der Waals surface area contributed by atoms with Crippen LogP contribution in [0.3, 0.4) is 0 Å². The molecule has 3 rings (SSSR count). The molecule has 2 nitrogen and oxygen atoms in total. The summed E-state index contributed by atoms with van der Waals surface area (Å²) in [5.74, 6) is -0.440. The smallest absolute Gasteiger partial charge is 0.212 e. The molecular weight excluding hydrogens is 307 g/mol. The average Bonchev–Trinajstić information content (AvgIpc) is 2.42. The van der Waals surface area contributed by atoms with Gasteiger partial charge >= 0.3 is 0 Å². The van der Waals surface area contributed by atoms with Gasteiger partial charge in [0, 0.05) is 10.5 Å². The Morgan fingerprint density at radius 3 is 2.89 bits per heavy atom. The molecular formula is C15H14BrFN2. The third-order valence-electron chi connectivity index (χ3n) is 3.49. The third kappa shape index (κ3) is 2.95. The topological polar surface area (TPSA) is 24.9 Å². The highest BCUT2D eigenvalue weighted by molar-refractivity contribution is 9.10. The predicted octanol–water partition coefficient (Wildman–Crippen LogP) is 3.95. The minimum atomic E-state index is -0.440. The van der Waals surface area contributed by atoms with Gasteiger partial charge in [-0.25, -0.2) is 4.98 Å². The highest BCUT2D eigenvalue weighted by atomic mass is 79.9. The van der Waals surface area contributed by atoms with Crippen LogP contribution in [-0.2, 0) is 12.8 Å². The molecule has 4 heteroatoms. The van der Waals surface area contributed by atoms with Gasteiger partial charge in [0.1, 0.15) is 0 Å². The van der Waals surface area contributed by atoms with E-state index in [1.165, 1.54) is 17.2 Å². The van der Waals surface area contributed by atoms with Crippen molar-refractivity contribution in [3.8, 4) is 0 Å². The van der Waals surface area contributed by atoms with Crippen molar-refractivity contribution in [1.29, 1.82) is 0 Å². The molecule has 0 amide bonds. The summed E-state index contributed by atoms with van der Waals surface area (Å²) in [5.41, 5.74) is 3.69. The van der Waals surface area contributed by atoms with Gasteiger partial charge in [0.05, 0.1) is 11.9 Å². The first-order valence-corrected chi connectivity index (χ1v) is 7.15. The van der Waals surface area contributed by atoms with Gasteiger partial charge in [-0.2, -0.15) is 4.39 Å². The Hall–Kier alpha value is -1.42. The van der Waals surface area contributed by atoms with Gasteiger partial charge in [-0.05, 0) is 54.7 Å². The standard InChI is InChI=1S/C15H14BrFN2/c16-12-3-1-11-8-13(4-2-10(11)7-12)19-14-5-6-15(17)18-9-14/h1,3,5-7,9,13,19H,2,4,8H2. The Labute approximate surface area is 120 Å². The fraction of sp³-hybridized carbons (Fsp3) is 0.267. The molecule has 1 heterocycles. The summed E-state index contributed by atoms with van der Waals surface area (Å²) >= 11 is 3.51. The second kappa shape index (κ2) is 5.29. The van der Waals surface area contributed by atoms with Gasteiger partial charge in [-0.15, -0.1) is 0 Å². The fourth-order valence-corrected chi connectivity index (χ4v) is 2.95. The molecule has 0 aliphatic heterocycles. The van der Waals surface area contributed by atoms with Crippen LogP contribution in [0.2, 0.25) is 0 Å². The largest absolute Gasteiger partial charge is 0.381 e. The summed E-state index contributed by atoms with van der Waals surface area (Å²) in [4.78, 5) is 3.67. The van der Waals surface area contributed by atoms with Crippen LogP contribution in [0, 0.1) is 5.95 Å². The minimum Gasteiger partial charge on any atom is -0.381 e. The van der Waals surface area contributed by atoms with Gasteiger partial charge in [0.15, 0.2) is 0 Å². The lowest BCUT2D eigenvalue weighted by Crippen LogP contribution is -2.27. The number of aromatic nitrogens is 1. The van der Waals surface area contributed by atoms with Crippen molar-refractivity contribution in [2.75, 3.05) is 5.32 Å². The molecule has 0 bridgehead atoms. The van der Waals surface area contributed by atoms with Gasteiger partial charge in [-0.3, -0.25) is 0 Å². The summed E-state index contributed by atoms with van der Waals surface area (Å²) in [6.45, 7) is 0. The summed E-state index contributed by atoms with van der Waals surface area (Å²) in [5, 5.41) is 3.42. The van der Waals surface area contributed by atoms with Crippen LogP contribution in [-0.4, -0.2) is 11.0 Å². The van der Waals surface area contributed by atoms with E-state index in [1.54, 1.807) is 12.3 Å². The Balaban J connectivity index is 1.72. The predicted molar refractivity (Wildman–Crippen MR) is 77.8 cm³/mol. The van der Waals surface area contributed by atoms with E-state index in [1.807, 2.05) is 0 Å². The summed E-state index contributed by atoms with van der Waals surface area (Å²) in [7, 11) is 0. The lowest BCUT2D eigenvalue weighted by Gasteiger charge is -2.26. The maximum Gasteiger partial charge on any atom is 0.212 e. The maximum atomic E-state index is 12.8. The van der Waals surface area contributed by atoms with Gasteiger partial charge in [0.2, 0.25) is 5.95 Å². The number of hydrogen-bond donors (Lipinski definition) is 1. The van der Waals surface area contributed by atoms with E-state index in [0.29, 0.717) is 6.04 Å². The summed E-state index contributed by atoms with van der Waals surface area (Å²) in [6.07, 6.45) is 4.70. The zero-order valence-corrected chi connectivity index (χ0v) is 12.0. The highest BCUT2D eigenvalue weighted by Crippen LogP contribution is 2.26. The van der Waals surface area contributed by atoms with Crippen LogP contribution >= 0.6 is 15.9 Å². The van der Waals surface area contributed by atoms with E-state index in [2.05, 4.69) is 44.4 Å². The normalized spacial score (nSPS) is 17.9. The highest BCUT2D eigenvalue weighted by Gasteiger charge is 2.18. The quantitative estimate of drug-likeness (QED) is 0.847. The van der Waals surface area contributed by atoms with Crippen LogP contribution in [0.15, 0.2) is 41.0 Å². The average molecular weight is 321 g/mol. The second-order valence-corrected chi connectivity index (χ2v) is 5.78. The third-order valence-corrected chi connectivity index (χ3v) is 3.99. The van der Waals surface area contributed by atoms with E-state index in [9.17, 15) is 4.39 Å². The number of aryl methyl sites for hydroxylation is 1. The molecule has 1 aliphatic carbocycles. The molecule has 98 valence electrons. The van der Waals surface area contributed by atoms with E-state index in [-0.39, 0.29) is 0 Å². The first kappa shape index (κ1) is 12.6. The monoisotopic (exact) mass is 320 g/mol. The summed E-state index contributed by atoms with van der Waals surface area (Å²) < 4.78 is 13.9. The SMILES string of the molecule is Fc1ccc(NC2CCc3cc(Br)ccc3C2)cn1. The number of rotatable bonds is 2. The number of nitrogens with zero attached hydrogens (tertiary/aromatic N) is 1. The molecule has 0 saturated carbocycles. The van der Waals surface area contributed by atoms with Crippen molar-refractivity contribution in [3.63, 3.8) is 0 Å². The first-order valence-electron chi connectivity index (χ1n) is 6.36. The first-order chi connectivity index (χ1) is 9.20. The van der Waals surface area contributed by atoms with E-state index < -0.39 is 5.95 Å². The Morgan fingerprint density at radius 2 is 2.11 bits per heavy atom. The van der Waals surface area contributed by atoms with Crippen LogP contribution in [0.25, 0.3) is 0 Å². The minimum absolute atomic E-state index is 0.390. The maximum absolute atomic E-state index is 12.8. The van der Waals surface area contributed by atoms with E-state index in [0.717, 1.165) is 29.4 Å². The lowest BCUT2D eigenvalue weighted by molar-refractivity contribution is 0.581. The van der Waals surface area contributed by atoms with E-state index in [4.69, 9.17) is 0 Å². The molecule has 19 heavy (non-hydrogen) atoms. The zero-order valence-electron chi connectivity index (χ0n) is 10.4. The number of nitrogens with one attached hydrogen (secondary N) is 1. The molecule has 0 fully saturated rings. The molecule has 1 aromatic heterocycles. The molecule has 0 spiro atoms. The van der Waals surface area contributed by atoms with Gasteiger partial charge < -0.3 is 5.32 Å². The van der Waals surface area contributed by atoms with Crippen molar-refractivity contribution in [1.82, 2.24) is 4.98 Å². The number of halogens is 2. The Bertz CT molecular complexity index is 583. The van der Waals surface area contributed by atoms with Crippen LogP contribution in [0.1, 0.15) is 17.5 Å².